The molecule has 1 heterocycles. The molecular weight excluding hydrogens is 309 g/mol. The number of piperidine rings is 1. The second-order valence-corrected chi connectivity index (χ2v) is 7.29. The van der Waals surface area contributed by atoms with Gasteiger partial charge in [-0.2, -0.15) is 0 Å². The number of rotatable bonds is 4. The predicted molar refractivity (Wildman–Crippen MR) is 65.4 cm³/mol. The summed E-state index contributed by atoms with van der Waals surface area (Å²) in [4.78, 5) is 0. The minimum absolute atomic E-state index is 0.384. The quantitative estimate of drug-likeness (QED) is 0.827. The standard InChI is InChI=1S/C11H14NO.CH3O.Sn/c1-2-4-10(5-3-1)13-11-6-8-12-9-7-11;1-2;/h2-5,11-12H,6-9H2;1H3;/q;-1;+1. The van der Waals surface area contributed by atoms with Gasteiger partial charge in [-0.25, -0.2) is 0 Å². The summed E-state index contributed by atoms with van der Waals surface area (Å²) in [7, 11) is 1.78. The van der Waals surface area contributed by atoms with E-state index in [1.54, 1.807) is 7.11 Å². The molecule has 4 heteroatoms. The van der Waals surface area contributed by atoms with E-state index in [1.165, 1.54) is 3.58 Å². The van der Waals surface area contributed by atoms with Gasteiger partial charge in [0.2, 0.25) is 0 Å². The molecule has 0 amide bonds. The van der Waals surface area contributed by atoms with Crippen molar-refractivity contribution in [1.29, 1.82) is 0 Å². The third-order valence-corrected chi connectivity index (χ3v) is 4.87. The van der Waals surface area contributed by atoms with Crippen molar-refractivity contribution in [3.8, 4) is 5.75 Å². The number of ether oxygens (including phenoxy) is 1. The van der Waals surface area contributed by atoms with Crippen molar-refractivity contribution >= 4 is 25.1 Å². The van der Waals surface area contributed by atoms with Gasteiger partial charge in [0.15, 0.2) is 0 Å². The fraction of sp³-hybridized carbons (Fsp3) is 0.500. The van der Waals surface area contributed by atoms with E-state index in [0.717, 1.165) is 31.7 Å². The molecule has 0 aromatic heterocycles. The van der Waals surface area contributed by atoms with Crippen LogP contribution in [0.1, 0.15) is 12.8 Å². The molecule has 0 unspecified atom stereocenters. The Morgan fingerprint density at radius 2 is 1.88 bits per heavy atom. The van der Waals surface area contributed by atoms with Crippen molar-refractivity contribution in [3.05, 3.63) is 24.3 Å². The molecule has 2 rings (SSSR count). The first kappa shape index (κ1) is 12.2. The van der Waals surface area contributed by atoms with Crippen LogP contribution in [0.3, 0.4) is 0 Å². The average molecular weight is 326 g/mol. The Bertz CT molecular complexity index is 309. The Kier molecular flexibility index (Phi) is 4.93. The fourth-order valence-electron chi connectivity index (χ4n) is 1.83. The molecular formula is C12H17NO2Sn. The molecule has 0 bridgehead atoms. The number of hydrogen-bond donors (Lipinski definition) is 1. The second-order valence-electron chi connectivity index (χ2n) is 3.90. The molecule has 0 aliphatic carbocycles. The molecule has 3 nitrogen and oxygen atoms in total. The molecule has 2 radical (unpaired) electrons. The fourth-order valence-corrected chi connectivity index (χ4v) is 3.36. The molecule has 0 atom stereocenters. The molecule has 1 fully saturated rings. The van der Waals surface area contributed by atoms with E-state index in [2.05, 4.69) is 29.6 Å². The van der Waals surface area contributed by atoms with E-state index < -0.39 is 21.6 Å². The molecule has 1 aromatic rings. The molecule has 1 aliphatic heterocycles. The van der Waals surface area contributed by atoms with Crippen molar-refractivity contribution in [3.63, 3.8) is 0 Å². The van der Waals surface area contributed by atoms with Crippen molar-refractivity contribution in [1.82, 2.24) is 5.32 Å². The van der Waals surface area contributed by atoms with Gasteiger partial charge >= 0.3 is 107 Å². The second kappa shape index (κ2) is 6.47. The van der Waals surface area contributed by atoms with Gasteiger partial charge in [0, 0.05) is 0 Å². The molecule has 1 aromatic carbocycles. The molecule has 0 saturated carbocycles. The van der Waals surface area contributed by atoms with Gasteiger partial charge in [-0.1, -0.05) is 0 Å². The Morgan fingerprint density at radius 3 is 2.50 bits per heavy atom. The van der Waals surface area contributed by atoms with Crippen LogP contribution in [0.25, 0.3) is 0 Å². The normalized spacial score (nSPS) is 17.3. The SMILES string of the molecule is C[O][Sn][c]1ccc(OC2CCNCC2)cc1. The molecule has 86 valence electrons. The molecule has 1 N–H and O–H groups in total. The van der Waals surface area contributed by atoms with Gasteiger partial charge in [-0.05, 0) is 0 Å². The average Bonchev–Trinajstić information content (AvgIpc) is 2.33. The van der Waals surface area contributed by atoms with Gasteiger partial charge in [0.05, 0.1) is 0 Å². The van der Waals surface area contributed by atoms with E-state index in [-0.39, 0.29) is 0 Å². The number of nitrogens with one attached hydrogen (secondary N) is 1. The Balaban J connectivity index is 1.88. The monoisotopic (exact) mass is 327 g/mol. The third-order valence-electron chi connectivity index (χ3n) is 2.66. The van der Waals surface area contributed by atoms with E-state index in [4.69, 9.17) is 7.81 Å². The van der Waals surface area contributed by atoms with Crippen molar-refractivity contribution in [2.24, 2.45) is 0 Å². The van der Waals surface area contributed by atoms with Gasteiger partial charge in [0.25, 0.3) is 0 Å². The number of hydrogen-bond acceptors (Lipinski definition) is 3. The van der Waals surface area contributed by atoms with Crippen molar-refractivity contribution in [2.45, 2.75) is 18.9 Å². The predicted octanol–water partition coefficient (Wildman–Crippen LogP) is 0.708. The molecule has 1 saturated heterocycles. The van der Waals surface area contributed by atoms with Crippen LogP contribution in [0.15, 0.2) is 24.3 Å². The first-order valence-electron chi connectivity index (χ1n) is 5.65. The van der Waals surface area contributed by atoms with Crippen LogP contribution in [0.4, 0.5) is 0 Å². The first-order chi connectivity index (χ1) is 7.88. The van der Waals surface area contributed by atoms with E-state index in [1.807, 2.05) is 0 Å². The van der Waals surface area contributed by atoms with Crippen LogP contribution < -0.4 is 13.6 Å². The van der Waals surface area contributed by atoms with Crippen LogP contribution in [0.2, 0.25) is 0 Å². The summed E-state index contributed by atoms with van der Waals surface area (Å²) in [6.45, 7) is 2.14. The van der Waals surface area contributed by atoms with E-state index >= 15 is 0 Å². The first-order valence-corrected chi connectivity index (χ1v) is 8.24. The maximum atomic E-state index is 5.93. The van der Waals surface area contributed by atoms with Crippen LogP contribution in [-0.2, 0) is 3.07 Å². The third kappa shape index (κ3) is 3.64. The minimum atomic E-state index is -0.776. The van der Waals surface area contributed by atoms with Crippen LogP contribution in [-0.4, -0.2) is 47.9 Å². The van der Waals surface area contributed by atoms with Crippen molar-refractivity contribution in [2.75, 3.05) is 20.2 Å². The summed E-state index contributed by atoms with van der Waals surface area (Å²) in [5.74, 6) is 0.992. The van der Waals surface area contributed by atoms with Gasteiger partial charge < -0.3 is 0 Å². The van der Waals surface area contributed by atoms with Crippen molar-refractivity contribution < 1.29 is 7.81 Å². The topological polar surface area (TPSA) is 30.5 Å². The Morgan fingerprint density at radius 1 is 1.19 bits per heavy atom. The summed E-state index contributed by atoms with van der Waals surface area (Å²) in [5, 5.41) is 3.34. The van der Waals surface area contributed by atoms with Gasteiger partial charge in [0.1, 0.15) is 0 Å². The summed E-state index contributed by atoms with van der Waals surface area (Å²) in [5.41, 5.74) is 0. The Hall–Kier alpha value is -0.261. The maximum absolute atomic E-state index is 5.93. The van der Waals surface area contributed by atoms with Gasteiger partial charge in [-0.15, -0.1) is 0 Å². The summed E-state index contributed by atoms with van der Waals surface area (Å²) >= 11 is -0.776. The molecule has 1 aliphatic rings. The van der Waals surface area contributed by atoms with Crippen LogP contribution in [0, 0.1) is 0 Å². The summed E-state index contributed by atoms with van der Waals surface area (Å²) in [6, 6.07) is 8.40. The summed E-state index contributed by atoms with van der Waals surface area (Å²) < 4.78 is 12.5. The van der Waals surface area contributed by atoms with Crippen LogP contribution >= 0.6 is 0 Å². The van der Waals surface area contributed by atoms with E-state index in [0.29, 0.717) is 6.10 Å². The molecule has 16 heavy (non-hydrogen) atoms. The Labute approximate surface area is 107 Å². The molecule has 0 spiro atoms. The van der Waals surface area contributed by atoms with Gasteiger partial charge in [-0.3, -0.25) is 0 Å². The zero-order valence-electron chi connectivity index (χ0n) is 9.53. The van der Waals surface area contributed by atoms with Crippen LogP contribution in [0.5, 0.6) is 5.75 Å². The number of benzene rings is 1. The summed E-state index contributed by atoms with van der Waals surface area (Å²) in [6.07, 6.45) is 2.60. The zero-order valence-corrected chi connectivity index (χ0v) is 12.4. The van der Waals surface area contributed by atoms with E-state index in [9.17, 15) is 0 Å². The zero-order chi connectivity index (χ0) is 11.2.